The van der Waals surface area contributed by atoms with Gasteiger partial charge in [0.1, 0.15) is 0 Å². The fourth-order valence-corrected chi connectivity index (χ4v) is 5.60. The normalized spacial score (nSPS) is 19.1. The van der Waals surface area contributed by atoms with Crippen LogP contribution in [0.4, 0.5) is 8.78 Å². The van der Waals surface area contributed by atoms with Crippen LogP contribution in [0.1, 0.15) is 60.6 Å². The summed E-state index contributed by atoms with van der Waals surface area (Å²) in [6.45, 7) is 3.74. The van der Waals surface area contributed by atoms with E-state index in [1.807, 2.05) is 18.2 Å². The number of amides is 1. The van der Waals surface area contributed by atoms with Crippen molar-refractivity contribution in [3.05, 3.63) is 35.0 Å². The Morgan fingerprint density at radius 3 is 2.64 bits per heavy atom. The Balaban J connectivity index is 1.56. The number of carbonyl (C=O) groups excluding carboxylic acids is 2. The van der Waals surface area contributed by atoms with Gasteiger partial charge < -0.3 is 14.2 Å². The monoisotopic (exact) mass is 460 g/mol. The fraction of sp³-hybridized carbons (Fsp3) is 0.615. The third kappa shape index (κ3) is 5.13. The summed E-state index contributed by atoms with van der Waals surface area (Å²) in [5.74, 6) is 0.787. The molecule has 0 bridgehead atoms. The van der Waals surface area contributed by atoms with E-state index in [4.69, 9.17) is 4.74 Å². The van der Waals surface area contributed by atoms with E-state index in [9.17, 15) is 18.4 Å². The molecule has 1 saturated heterocycles. The number of ether oxygens (including phenoxy) is 1. The van der Waals surface area contributed by atoms with Crippen LogP contribution >= 0.6 is 0 Å². The quantitative estimate of drug-likeness (QED) is 0.569. The van der Waals surface area contributed by atoms with Crippen molar-refractivity contribution >= 4 is 22.6 Å². The molecule has 1 aromatic heterocycles. The molecule has 1 atom stereocenters. The molecule has 0 saturated carbocycles. The minimum Gasteiger partial charge on any atom is -0.381 e. The number of Topliss-reactive ketones (excluding diaryl/α,β-unsaturated/α-hetero) is 1. The van der Waals surface area contributed by atoms with Crippen LogP contribution in [0.5, 0.6) is 0 Å². The van der Waals surface area contributed by atoms with Gasteiger partial charge in [0.15, 0.2) is 5.78 Å². The molecule has 0 spiro atoms. The molecule has 1 aliphatic heterocycles. The van der Waals surface area contributed by atoms with Gasteiger partial charge in [-0.1, -0.05) is 0 Å². The van der Waals surface area contributed by atoms with Crippen molar-refractivity contribution in [2.75, 3.05) is 26.3 Å². The number of aryl methyl sites for hydroxylation is 1. The van der Waals surface area contributed by atoms with Crippen LogP contribution in [0.3, 0.4) is 0 Å². The highest BCUT2D eigenvalue weighted by atomic mass is 19.3. The van der Waals surface area contributed by atoms with E-state index in [0.717, 1.165) is 49.8 Å². The standard InChI is InChI=1S/C26H34F2N2O3/c1-3-30(16-20(31)6-9-25(27)28)26(32)19-5-8-24-22(15-19)21-14-18(4-7-23(21)29(24)2)17-10-12-33-13-11-17/h5,8,15,17-18,25H,3-4,6-7,9-14,16H2,1-2H3. The van der Waals surface area contributed by atoms with Crippen LogP contribution in [0, 0.1) is 11.8 Å². The van der Waals surface area contributed by atoms with Crippen molar-refractivity contribution in [3.63, 3.8) is 0 Å². The number of hydrogen-bond donors (Lipinski definition) is 0. The van der Waals surface area contributed by atoms with Crippen LogP contribution < -0.4 is 0 Å². The van der Waals surface area contributed by atoms with Crippen molar-refractivity contribution in [3.8, 4) is 0 Å². The van der Waals surface area contributed by atoms with Crippen molar-refractivity contribution in [1.29, 1.82) is 0 Å². The Labute approximate surface area is 194 Å². The summed E-state index contributed by atoms with van der Waals surface area (Å²) in [5, 5.41) is 1.12. The van der Waals surface area contributed by atoms with Gasteiger partial charge in [-0.05, 0) is 74.6 Å². The zero-order chi connectivity index (χ0) is 23.5. The minimum absolute atomic E-state index is 0.126. The zero-order valence-electron chi connectivity index (χ0n) is 19.6. The summed E-state index contributed by atoms with van der Waals surface area (Å²) >= 11 is 0. The highest BCUT2D eigenvalue weighted by Gasteiger charge is 2.31. The summed E-state index contributed by atoms with van der Waals surface area (Å²) in [6, 6.07) is 5.78. The Morgan fingerprint density at radius 1 is 1.18 bits per heavy atom. The average Bonchev–Trinajstić information content (AvgIpc) is 3.12. The SMILES string of the molecule is CCN(CC(=O)CCC(F)F)C(=O)c1ccc2c(c1)c1c(n2C)CCC(C2CCOCC2)C1. The lowest BCUT2D eigenvalue weighted by molar-refractivity contribution is -0.120. The molecule has 2 aromatic rings. The van der Waals surface area contributed by atoms with Crippen LogP contribution in [-0.4, -0.2) is 53.9 Å². The van der Waals surface area contributed by atoms with E-state index in [1.165, 1.54) is 22.6 Å². The number of fused-ring (bicyclic) bond motifs is 3. The van der Waals surface area contributed by atoms with Gasteiger partial charge in [0.25, 0.3) is 5.91 Å². The number of likely N-dealkylation sites (N-methyl/N-ethyl adjacent to an activating group) is 1. The first-order valence-corrected chi connectivity index (χ1v) is 12.2. The Morgan fingerprint density at radius 2 is 1.94 bits per heavy atom. The largest absolute Gasteiger partial charge is 0.381 e. The zero-order valence-corrected chi connectivity index (χ0v) is 19.6. The summed E-state index contributed by atoms with van der Waals surface area (Å²) in [5.41, 5.74) is 4.38. The number of carbonyl (C=O) groups is 2. The molecular weight excluding hydrogens is 426 g/mol. The molecule has 0 radical (unpaired) electrons. The Kier molecular flexibility index (Phi) is 7.47. The number of hydrogen-bond acceptors (Lipinski definition) is 3. The molecule has 1 aromatic carbocycles. The predicted molar refractivity (Wildman–Crippen MR) is 124 cm³/mol. The maximum atomic E-state index is 13.2. The topological polar surface area (TPSA) is 51.5 Å². The van der Waals surface area contributed by atoms with Gasteiger partial charge in [0.05, 0.1) is 6.54 Å². The maximum Gasteiger partial charge on any atom is 0.254 e. The van der Waals surface area contributed by atoms with Crippen molar-refractivity contribution in [2.24, 2.45) is 18.9 Å². The minimum atomic E-state index is -2.50. The lowest BCUT2D eigenvalue weighted by Gasteiger charge is -2.33. The molecule has 7 heteroatoms. The highest BCUT2D eigenvalue weighted by molar-refractivity contribution is 6.00. The van der Waals surface area contributed by atoms with E-state index >= 15 is 0 Å². The maximum absolute atomic E-state index is 13.2. The first-order chi connectivity index (χ1) is 15.9. The van der Waals surface area contributed by atoms with Crippen molar-refractivity contribution in [1.82, 2.24) is 9.47 Å². The number of alkyl halides is 2. The Bertz CT molecular complexity index is 1010. The number of benzene rings is 1. The Hall–Kier alpha value is -2.28. The van der Waals surface area contributed by atoms with Gasteiger partial charge >= 0.3 is 0 Å². The molecular formula is C26H34F2N2O3. The van der Waals surface area contributed by atoms with Crippen LogP contribution in [0.15, 0.2) is 18.2 Å². The lowest BCUT2D eigenvalue weighted by Crippen LogP contribution is -2.35. The molecule has 4 rings (SSSR count). The van der Waals surface area contributed by atoms with Crippen LogP contribution in [0.2, 0.25) is 0 Å². The number of rotatable bonds is 8. The fourth-order valence-electron chi connectivity index (χ4n) is 5.60. The van der Waals surface area contributed by atoms with E-state index in [0.29, 0.717) is 23.9 Å². The molecule has 180 valence electrons. The molecule has 1 fully saturated rings. The van der Waals surface area contributed by atoms with Gasteiger partial charge in [0, 0.05) is 61.8 Å². The van der Waals surface area contributed by atoms with Gasteiger partial charge in [-0.25, -0.2) is 8.78 Å². The van der Waals surface area contributed by atoms with Gasteiger partial charge in [-0.3, -0.25) is 9.59 Å². The van der Waals surface area contributed by atoms with E-state index in [-0.39, 0.29) is 24.7 Å². The summed E-state index contributed by atoms with van der Waals surface area (Å²) in [4.78, 5) is 26.7. The van der Waals surface area contributed by atoms with Crippen LogP contribution in [0.25, 0.3) is 10.9 Å². The number of nitrogens with zero attached hydrogens (tertiary/aromatic N) is 2. The molecule has 1 amide bonds. The molecule has 2 aliphatic rings. The molecule has 5 nitrogen and oxygen atoms in total. The van der Waals surface area contributed by atoms with Crippen molar-refractivity contribution in [2.45, 2.75) is 58.3 Å². The van der Waals surface area contributed by atoms with Crippen LogP contribution in [-0.2, 0) is 29.4 Å². The van der Waals surface area contributed by atoms with E-state index in [1.54, 1.807) is 6.92 Å². The summed E-state index contributed by atoms with van der Waals surface area (Å²) in [7, 11) is 2.09. The van der Waals surface area contributed by atoms with Crippen molar-refractivity contribution < 1.29 is 23.1 Å². The second kappa shape index (κ2) is 10.3. The second-order valence-corrected chi connectivity index (χ2v) is 9.46. The predicted octanol–water partition coefficient (Wildman–Crippen LogP) is 4.79. The van der Waals surface area contributed by atoms with E-state index in [2.05, 4.69) is 11.6 Å². The summed E-state index contributed by atoms with van der Waals surface area (Å²) < 4.78 is 32.7. The third-order valence-electron chi connectivity index (χ3n) is 7.51. The number of ketones is 1. The van der Waals surface area contributed by atoms with E-state index < -0.39 is 12.8 Å². The van der Waals surface area contributed by atoms with Gasteiger partial charge in [-0.2, -0.15) is 0 Å². The average molecular weight is 461 g/mol. The first kappa shape index (κ1) is 23.9. The summed E-state index contributed by atoms with van der Waals surface area (Å²) in [6.07, 6.45) is 2.35. The number of halogens is 2. The second-order valence-electron chi connectivity index (χ2n) is 9.46. The lowest BCUT2D eigenvalue weighted by atomic mass is 9.75. The molecule has 2 heterocycles. The first-order valence-electron chi connectivity index (χ1n) is 12.2. The smallest absolute Gasteiger partial charge is 0.254 e. The molecule has 33 heavy (non-hydrogen) atoms. The number of aromatic nitrogens is 1. The molecule has 1 unspecified atom stereocenters. The molecule has 0 N–H and O–H groups in total. The van der Waals surface area contributed by atoms with Gasteiger partial charge in [0.2, 0.25) is 6.43 Å². The molecule has 1 aliphatic carbocycles. The highest BCUT2D eigenvalue weighted by Crippen LogP contribution is 2.39. The van der Waals surface area contributed by atoms with Gasteiger partial charge in [-0.15, -0.1) is 0 Å². The third-order valence-corrected chi connectivity index (χ3v) is 7.51.